The van der Waals surface area contributed by atoms with Crippen LogP contribution < -0.4 is 5.43 Å². The number of fused-ring (bicyclic) bond motifs is 1. The highest BCUT2D eigenvalue weighted by Crippen LogP contribution is 2.22. The Kier molecular flexibility index (Phi) is 6.26. The molecule has 4 rings (SSSR count). The van der Waals surface area contributed by atoms with Crippen LogP contribution in [0.5, 0.6) is 0 Å². The number of hydrogen-bond acceptors (Lipinski definition) is 5. The molecule has 0 saturated carbocycles. The minimum atomic E-state index is -3.50. The van der Waals surface area contributed by atoms with E-state index in [1.807, 2.05) is 18.2 Å². The molecule has 0 unspecified atom stereocenters. The molecular formula is C22H25N3O4S. The van der Waals surface area contributed by atoms with Gasteiger partial charge in [-0.3, -0.25) is 4.79 Å². The summed E-state index contributed by atoms with van der Waals surface area (Å²) in [6.07, 6.45) is 2.59. The van der Waals surface area contributed by atoms with Gasteiger partial charge in [-0.05, 0) is 42.5 Å². The zero-order valence-electron chi connectivity index (χ0n) is 16.7. The van der Waals surface area contributed by atoms with Crippen molar-refractivity contribution in [1.29, 1.82) is 0 Å². The van der Waals surface area contributed by atoms with Crippen molar-refractivity contribution in [3.05, 3.63) is 65.2 Å². The van der Waals surface area contributed by atoms with Crippen molar-refractivity contribution in [2.75, 3.05) is 26.3 Å². The monoisotopic (exact) mass is 427 g/mol. The standard InChI is InChI=1S/C22H25N3O4S/c26-22(24-23-21-11-8-18-3-1-2-4-20(18)21)12-7-17-5-9-19(10-6-17)30(27,28)25-13-15-29-16-14-25/h1-6,9-10H,7-8,11-16H2,(H,24,26)/b23-21+. The van der Waals surface area contributed by atoms with Crippen molar-refractivity contribution >= 4 is 21.6 Å². The Bertz CT molecular complexity index is 1040. The highest BCUT2D eigenvalue weighted by molar-refractivity contribution is 7.89. The smallest absolute Gasteiger partial charge is 0.243 e. The lowest BCUT2D eigenvalue weighted by atomic mass is 10.1. The van der Waals surface area contributed by atoms with E-state index < -0.39 is 10.0 Å². The maximum atomic E-state index is 12.7. The number of nitrogens with zero attached hydrogens (tertiary/aromatic N) is 2. The molecule has 1 heterocycles. The summed E-state index contributed by atoms with van der Waals surface area (Å²) in [5, 5.41) is 4.30. The molecule has 2 aromatic rings. The second kappa shape index (κ2) is 9.07. The summed E-state index contributed by atoms with van der Waals surface area (Å²) in [7, 11) is -3.50. The van der Waals surface area contributed by atoms with E-state index in [0.717, 1.165) is 29.7 Å². The fraction of sp³-hybridized carbons (Fsp3) is 0.364. The second-order valence-corrected chi connectivity index (χ2v) is 9.35. The lowest BCUT2D eigenvalue weighted by Crippen LogP contribution is -2.40. The lowest BCUT2D eigenvalue weighted by Gasteiger charge is -2.26. The normalized spacial score (nSPS) is 18.3. The van der Waals surface area contributed by atoms with E-state index in [2.05, 4.69) is 16.6 Å². The lowest BCUT2D eigenvalue weighted by molar-refractivity contribution is -0.121. The van der Waals surface area contributed by atoms with Gasteiger partial charge in [-0.25, -0.2) is 13.8 Å². The number of carbonyl (C=O) groups excluding carboxylic acids is 1. The summed E-state index contributed by atoms with van der Waals surface area (Å²) in [6, 6.07) is 14.8. The van der Waals surface area contributed by atoms with Gasteiger partial charge in [0, 0.05) is 25.1 Å². The van der Waals surface area contributed by atoms with Crippen molar-refractivity contribution in [3.63, 3.8) is 0 Å². The summed E-state index contributed by atoms with van der Waals surface area (Å²) in [6.45, 7) is 1.58. The number of benzene rings is 2. The highest BCUT2D eigenvalue weighted by atomic mass is 32.2. The summed E-state index contributed by atoms with van der Waals surface area (Å²) in [4.78, 5) is 12.5. The van der Waals surface area contributed by atoms with E-state index in [0.29, 0.717) is 32.7 Å². The number of aryl methyl sites for hydroxylation is 2. The molecule has 2 aliphatic rings. The maximum Gasteiger partial charge on any atom is 0.243 e. The number of hydrazone groups is 1. The van der Waals surface area contributed by atoms with Crippen LogP contribution in [0.2, 0.25) is 0 Å². The number of ether oxygens (including phenoxy) is 1. The quantitative estimate of drug-likeness (QED) is 0.715. The van der Waals surface area contributed by atoms with Crippen LogP contribution in [0, 0.1) is 0 Å². The summed E-state index contributed by atoms with van der Waals surface area (Å²) in [5.41, 5.74) is 6.84. The largest absolute Gasteiger partial charge is 0.379 e. The first-order chi connectivity index (χ1) is 14.5. The SMILES string of the molecule is O=C(CCc1ccc(S(=O)(=O)N2CCOCC2)cc1)N/N=C1\CCc2ccccc21. The van der Waals surface area contributed by atoms with Crippen LogP contribution in [0.25, 0.3) is 0 Å². The minimum absolute atomic E-state index is 0.156. The Morgan fingerprint density at radius 2 is 1.77 bits per heavy atom. The maximum absolute atomic E-state index is 12.7. The molecule has 0 radical (unpaired) electrons. The molecule has 30 heavy (non-hydrogen) atoms. The molecular weight excluding hydrogens is 402 g/mol. The summed E-state index contributed by atoms with van der Waals surface area (Å²) < 4.78 is 32.0. The van der Waals surface area contributed by atoms with Crippen molar-refractivity contribution < 1.29 is 17.9 Å². The number of amides is 1. The molecule has 1 saturated heterocycles. The van der Waals surface area contributed by atoms with Gasteiger partial charge in [0.05, 0.1) is 23.8 Å². The van der Waals surface area contributed by atoms with E-state index in [1.165, 1.54) is 9.87 Å². The van der Waals surface area contributed by atoms with Gasteiger partial charge in [0.1, 0.15) is 0 Å². The predicted molar refractivity (Wildman–Crippen MR) is 114 cm³/mol. The summed E-state index contributed by atoms with van der Waals surface area (Å²) in [5.74, 6) is -0.156. The number of hydrogen-bond donors (Lipinski definition) is 1. The van der Waals surface area contributed by atoms with E-state index in [9.17, 15) is 13.2 Å². The zero-order chi connectivity index (χ0) is 21.0. The third-order valence-corrected chi connectivity index (χ3v) is 7.36. The van der Waals surface area contributed by atoms with E-state index >= 15 is 0 Å². The molecule has 0 spiro atoms. The van der Waals surface area contributed by atoms with E-state index in [4.69, 9.17) is 4.74 Å². The molecule has 158 valence electrons. The Balaban J connectivity index is 1.31. The summed E-state index contributed by atoms with van der Waals surface area (Å²) >= 11 is 0. The van der Waals surface area contributed by atoms with Gasteiger partial charge >= 0.3 is 0 Å². The molecule has 1 aliphatic heterocycles. The van der Waals surface area contributed by atoms with Gasteiger partial charge in [-0.2, -0.15) is 9.41 Å². The second-order valence-electron chi connectivity index (χ2n) is 7.41. The molecule has 1 amide bonds. The molecule has 0 bridgehead atoms. The van der Waals surface area contributed by atoms with E-state index in [1.54, 1.807) is 24.3 Å². The van der Waals surface area contributed by atoms with Crippen LogP contribution in [-0.2, 0) is 32.4 Å². The van der Waals surface area contributed by atoms with Crippen LogP contribution in [-0.4, -0.2) is 50.6 Å². The molecule has 0 atom stereocenters. The molecule has 1 fully saturated rings. The molecule has 0 aromatic heterocycles. The van der Waals surface area contributed by atoms with Crippen LogP contribution in [0.3, 0.4) is 0 Å². The van der Waals surface area contributed by atoms with Crippen molar-refractivity contribution in [2.45, 2.75) is 30.6 Å². The Hall–Kier alpha value is -2.55. The topological polar surface area (TPSA) is 88.1 Å². The highest BCUT2D eigenvalue weighted by Gasteiger charge is 2.26. The van der Waals surface area contributed by atoms with Gasteiger partial charge in [-0.15, -0.1) is 0 Å². The fourth-order valence-electron chi connectivity index (χ4n) is 3.73. The first-order valence-electron chi connectivity index (χ1n) is 10.1. The predicted octanol–water partition coefficient (Wildman–Crippen LogP) is 2.11. The number of nitrogens with one attached hydrogen (secondary N) is 1. The average Bonchev–Trinajstić information content (AvgIpc) is 3.20. The molecule has 1 N–H and O–H groups in total. The average molecular weight is 428 g/mol. The van der Waals surface area contributed by atoms with Gasteiger partial charge in [0.2, 0.25) is 15.9 Å². The molecule has 7 nitrogen and oxygen atoms in total. The molecule has 1 aliphatic carbocycles. The minimum Gasteiger partial charge on any atom is -0.379 e. The third kappa shape index (κ3) is 4.61. The molecule has 8 heteroatoms. The number of rotatable bonds is 6. The van der Waals surface area contributed by atoms with Gasteiger partial charge in [0.25, 0.3) is 0 Å². The number of carbonyl (C=O) groups is 1. The van der Waals surface area contributed by atoms with Crippen molar-refractivity contribution in [3.8, 4) is 0 Å². The molecule has 2 aromatic carbocycles. The van der Waals surface area contributed by atoms with Gasteiger partial charge < -0.3 is 4.74 Å². The Morgan fingerprint density at radius 1 is 1.03 bits per heavy atom. The van der Waals surface area contributed by atoms with Crippen LogP contribution >= 0.6 is 0 Å². The van der Waals surface area contributed by atoms with Crippen LogP contribution in [0.4, 0.5) is 0 Å². The van der Waals surface area contributed by atoms with Gasteiger partial charge in [-0.1, -0.05) is 36.4 Å². The third-order valence-electron chi connectivity index (χ3n) is 5.45. The Labute approximate surface area is 176 Å². The van der Waals surface area contributed by atoms with Crippen molar-refractivity contribution in [1.82, 2.24) is 9.73 Å². The fourth-order valence-corrected chi connectivity index (χ4v) is 5.14. The first-order valence-corrected chi connectivity index (χ1v) is 11.6. The van der Waals surface area contributed by atoms with Crippen LogP contribution in [0.15, 0.2) is 58.5 Å². The first kappa shape index (κ1) is 20.7. The number of morpholine rings is 1. The van der Waals surface area contributed by atoms with Gasteiger partial charge in [0.15, 0.2) is 0 Å². The van der Waals surface area contributed by atoms with Crippen molar-refractivity contribution in [2.24, 2.45) is 5.10 Å². The zero-order valence-corrected chi connectivity index (χ0v) is 17.5. The van der Waals surface area contributed by atoms with Crippen LogP contribution in [0.1, 0.15) is 29.5 Å². The van der Waals surface area contributed by atoms with E-state index in [-0.39, 0.29) is 17.2 Å². The number of sulfonamides is 1. The Morgan fingerprint density at radius 3 is 2.53 bits per heavy atom.